The van der Waals surface area contributed by atoms with E-state index in [0.29, 0.717) is 5.25 Å². The standard InChI is InChI=1S/C16H16N2S2/c1-3-7-13(8-4-1)18-16-17-11-15(20-16)12-19-14-9-5-2-6-10-14/h1-10,15H,11-12H2,(H,17,18). The minimum absolute atomic E-state index is 0.561. The molecule has 4 heteroatoms. The zero-order valence-corrected chi connectivity index (χ0v) is 12.7. The van der Waals surface area contributed by atoms with Crippen molar-refractivity contribution in [2.24, 2.45) is 4.99 Å². The first kappa shape index (κ1) is 13.6. The monoisotopic (exact) mass is 300 g/mol. The third-order valence-electron chi connectivity index (χ3n) is 2.92. The number of anilines is 1. The first-order valence-electron chi connectivity index (χ1n) is 6.61. The highest BCUT2D eigenvalue weighted by molar-refractivity contribution is 8.15. The lowest BCUT2D eigenvalue weighted by Crippen LogP contribution is -2.09. The van der Waals surface area contributed by atoms with E-state index in [1.807, 2.05) is 41.7 Å². The predicted octanol–water partition coefficient (Wildman–Crippen LogP) is 4.36. The summed E-state index contributed by atoms with van der Waals surface area (Å²) in [6, 6.07) is 20.8. The molecule has 3 rings (SSSR count). The molecule has 1 N–H and O–H groups in total. The van der Waals surface area contributed by atoms with E-state index in [2.05, 4.69) is 52.8 Å². The van der Waals surface area contributed by atoms with E-state index in [-0.39, 0.29) is 0 Å². The van der Waals surface area contributed by atoms with E-state index in [1.54, 1.807) is 0 Å². The zero-order chi connectivity index (χ0) is 13.6. The van der Waals surface area contributed by atoms with Gasteiger partial charge < -0.3 is 5.32 Å². The summed E-state index contributed by atoms with van der Waals surface area (Å²) in [7, 11) is 0. The van der Waals surface area contributed by atoms with Gasteiger partial charge in [0.2, 0.25) is 0 Å². The van der Waals surface area contributed by atoms with Crippen LogP contribution in [0.1, 0.15) is 0 Å². The lowest BCUT2D eigenvalue weighted by Gasteiger charge is -2.09. The Bertz CT molecular complexity index is 570. The molecule has 20 heavy (non-hydrogen) atoms. The van der Waals surface area contributed by atoms with Crippen molar-refractivity contribution in [3.8, 4) is 0 Å². The van der Waals surface area contributed by atoms with Crippen LogP contribution in [0.2, 0.25) is 0 Å². The fourth-order valence-electron chi connectivity index (χ4n) is 1.92. The van der Waals surface area contributed by atoms with Gasteiger partial charge in [0.15, 0.2) is 5.17 Å². The van der Waals surface area contributed by atoms with Crippen LogP contribution in [-0.2, 0) is 0 Å². The van der Waals surface area contributed by atoms with Crippen LogP contribution >= 0.6 is 23.5 Å². The van der Waals surface area contributed by atoms with Gasteiger partial charge in [0.1, 0.15) is 0 Å². The second-order valence-corrected chi connectivity index (χ2v) is 6.88. The van der Waals surface area contributed by atoms with Crippen molar-refractivity contribution in [1.29, 1.82) is 0 Å². The molecule has 0 aromatic heterocycles. The lowest BCUT2D eigenvalue weighted by atomic mass is 10.3. The van der Waals surface area contributed by atoms with Crippen molar-refractivity contribution in [3.05, 3.63) is 60.7 Å². The number of para-hydroxylation sites is 1. The molecule has 0 fully saturated rings. The summed E-state index contributed by atoms with van der Waals surface area (Å²) >= 11 is 3.75. The summed E-state index contributed by atoms with van der Waals surface area (Å²) in [6.07, 6.45) is 0. The first-order valence-corrected chi connectivity index (χ1v) is 8.48. The minimum atomic E-state index is 0.561. The Morgan fingerprint density at radius 3 is 2.50 bits per heavy atom. The number of hydrogen-bond acceptors (Lipinski definition) is 4. The normalized spacial score (nSPS) is 17.8. The molecule has 0 spiro atoms. The van der Waals surface area contributed by atoms with Gasteiger partial charge in [0.25, 0.3) is 0 Å². The fraction of sp³-hybridized carbons (Fsp3) is 0.188. The molecule has 2 aromatic carbocycles. The molecule has 0 saturated heterocycles. The molecule has 1 aliphatic rings. The van der Waals surface area contributed by atoms with Gasteiger partial charge in [-0.2, -0.15) is 0 Å². The number of nitrogens with zero attached hydrogens (tertiary/aromatic N) is 1. The van der Waals surface area contributed by atoms with Gasteiger partial charge >= 0.3 is 0 Å². The third-order valence-corrected chi connectivity index (χ3v) is 5.41. The predicted molar refractivity (Wildman–Crippen MR) is 90.9 cm³/mol. The second kappa shape index (κ2) is 6.86. The SMILES string of the molecule is c1ccc(NC2=NCC(CSc3ccccc3)S2)cc1. The molecule has 0 bridgehead atoms. The molecular weight excluding hydrogens is 284 g/mol. The number of amidine groups is 1. The Kier molecular flexibility index (Phi) is 4.66. The van der Waals surface area contributed by atoms with E-state index in [9.17, 15) is 0 Å². The van der Waals surface area contributed by atoms with Crippen molar-refractivity contribution >= 4 is 34.4 Å². The Morgan fingerprint density at radius 2 is 1.75 bits per heavy atom. The van der Waals surface area contributed by atoms with E-state index >= 15 is 0 Å². The summed E-state index contributed by atoms with van der Waals surface area (Å²) in [6.45, 7) is 0.902. The third kappa shape index (κ3) is 3.81. The van der Waals surface area contributed by atoms with Crippen LogP contribution in [0.4, 0.5) is 5.69 Å². The van der Waals surface area contributed by atoms with Crippen molar-refractivity contribution < 1.29 is 0 Å². The van der Waals surface area contributed by atoms with Crippen LogP contribution in [0.25, 0.3) is 0 Å². The molecule has 0 radical (unpaired) electrons. The van der Waals surface area contributed by atoms with Gasteiger partial charge in [-0.3, -0.25) is 4.99 Å². The molecule has 0 aliphatic carbocycles. The molecule has 2 aromatic rings. The number of thioether (sulfide) groups is 2. The maximum absolute atomic E-state index is 4.58. The van der Waals surface area contributed by atoms with Crippen LogP contribution < -0.4 is 5.32 Å². The van der Waals surface area contributed by atoms with Crippen molar-refractivity contribution in [1.82, 2.24) is 0 Å². The highest BCUT2D eigenvalue weighted by Gasteiger charge is 2.19. The number of nitrogens with one attached hydrogen (secondary N) is 1. The molecule has 0 saturated carbocycles. The van der Waals surface area contributed by atoms with Crippen LogP contribution in [0, 0.1) is 0 Å². The molecular formula is C16H16N2S2. The van der Waals surface area contributed by atoms with Gasteiger partial charge in [0.05, 0.1) is 6.54 Å². The largest absolute Gasteiger partial charge is 0.335 e. The highest BCUT2D eigenvalue weighted by Crippen LogP contribution is 2.28. The summed E-state index contributed by atoms with van der Waals surface area (Å²) in [5, 5.41) is 4.97. The summed E-state index contributed by atoms with van der Waals surface area (Å²) < 4.78 is 0. The van der Waals surface area contributed by atoms with Crippen molar-refractivity contribution in [3.63, 3.8) is 0 Å². The summed E-state index contributed by atoms with van der Waals surface area (Å²) in [5.41, 5.74) is 1.11. The van der Waals surface area contributed by atoms with E-state index in [4.69, 9.17) is 0 Å². The Hall–Kier alpha value is -1.39. The van der Waals surface area contributed by atoms with Crippen LogP contribution in [0.3, 0.4) is 0 Å². The van der Waals surface area contributed by atoms with Crippen molar-refractivity contribution in [2.75, 3.05) is 17.6 Å². The Morgan fingerprint density at radius 1 is 1.05 bits per heavy atom. The van der Waals surface area contributed by atoms with Gasteiger partial charge in [-0.05, 0) is 24.3 Å². The number of hydrogen-bond donors (Lipinski definition) is 1. The second-order valence-electron chi connectivity index (χ2n) is 4.50. The van der Waals surface area contributed by atoms with Gasteiger partial charge in [0, 0.05) is 21.6 Å². The smallest absolute Gasteiger partial charge is 0.161 e. The number of rotatable bonds is 4. The van der Waals surface area contributed by atoms with Gasteiger partial charge in [-0.15, -0.1) is 11.8 Å². The molecule has 2 nitrogen and oxygen atoms in total. The molecule has 1 aliphatic heterocycles. The molecule has 1 atom stereocenters. The van der Waals surface area contributed by atoms with Crippen LogP contribution in [0.15, 0.2) is 70.6 Å². The highest BCUT2D eigenvalue weighted by atomic mass is 32.2. The van der Waals surface area contributed by atoms with E-state index < -0.39 is 0 Å². The Labute approximate surface area is 128 Å². The zero-order valence-electron chi connectivity index (χ0n) is 11.0. The molecule has 1 heterocycles. The number of benzene rings is 2. The topological polar surface area (TPSA) is 24.4 Å². The minimum Gasteiger partial charge on any atom is -0.335 e. The first-order chi connectivity index (χ1) is 9.90. The van der Waals surface area contributed by atoms with Gasteiger partial charge in [-0.25, -0.2) is 0 Å². The average Bonchev–Trinajstić information content (AvgIpc) is 2.95. The molecule has 0 amide bonds. The molecule has 1 unspecified atom stereocenters. The van der Waals surface area contributed by atoms with Crippen LogP contribution in [0.5, 0.6) is 0 Å². The average molecular weight is 300 g/mol. The van der Waals surface area contributed by atoms with Crippen LogP contribution in [-0.4, -0.2) is 22.7 Å². The quantitative estimate of drug-likeness (QED) is 0.849. The summed E-state index contributed by atoms with van der Waals surface area (Å²) in [5.74, 6) is 1.10. The lowest BCUT2D eigenvalue weighted by molar-refractivity contribution is 0.986. The molecule has 102 valence electrons. The van der Waals surface area contributed by atoms with Gasteiger partial charge in [-0.1, -0.05) is 48.2 Å². The van der Waals surface area contributed by atoms with Crippen molar-refractivity contribution in [2.45, 2.75) is 10.1 Å². The maximum atomic E-state index is 4.58. The maximum Gasteiger partial charge on any atom is 0.161 e. The number of aliphatic imine (C=N–C) groups is 1. The van der Waals surface area contributed by atoms with E-state index in [0.717, 1.165) is 23.2 Å². The fourth-order valence-corrected chi connectivity index (χ4v) is 4.02. The van der Waals surface area contributed by atoms with E-state index in [1.165, 1.54) is 4.90 Å². The Balaban J connectivity index is 1.47. The summed E-state index contributed by atoms with van der Waals surface area (Å²) in [4.78, 5) is 5.91.